The normalized spacial score (nSPS) is 17.3. The number of anilines is 1. The van der Waals surface area contributed by atoms with E-state index in [1.165, 1.54) is 23.3 Å². The maximum atomic E-state index is 12.8. The van der Waals surface area contributed by atoms with Gasteiger partial charge in [-0.05, 0) is 48.9 Å². The van der Waals surface area contributed by atoms with Gasteiger partial charge in [-0.25, -0.2) is 4.79 Å². The van der Waals surface area contributed by atoms with E-state index in [9.17, 15) is 9.59 Å². The van der Waals surface area contributed by atoms with Crippen LogP contribution in [0.1, 0.15) is 50.9 Å². The topological polar surface area (TPSA) is 73.9 Å². The maximum Gasteiger partial charge on any atom is 0.341 e. The summed E-state index contributed by atoms with van der Waals surface area (Å²) in [6.07, 6.45) is 3.96. The fourth-order valence-electron chi connectivity index (χ4n) is 3.62. The molecular formula is C20H21NO5S. The van der Waals surface area contributed by atoms with Crippen molar-refractivity contribution in [3.05, 3.63) is 39.8 Å². The molecule has 2 aliphatic rings. The number of rotatable bonds is 4. The van der Waals surface area contributed by atoms with Crippen LogP contribution in [0.2, 0.25) is 0 Å². The third-order valence-electron chi connectivity index (χ3n) is 5.20. The Balaban J connectivity index is 1.64. The van der Waals surface area contributed by atoms with Gasteiger partial charge in [-0.3, -0.25) is 4.79 Å². The highest BCUT2D eigenvalue weighted by molar-refractivity contribution is 7.17. The van der Waals surface area contributed by atoms with E-state index in [4.69, 9.17) is 14.2 Å². The van der Waals surface area contributed by atoms with E-state index in [-0.39, 0.29) is 12.7 Å². The van der Waals surface area contributed by atoms with Crippen LogP contribution >= 0.6 is 11.3 Å². The molecule has 4 rings (SSSR count). The highest BCUT2D eigenvalue weighted by atomic mass is 32.1. The number of nitrogens with one attached hydrogen (secondary N) is 1. The molecule has 0 fully saturated rings. The van der Waals surface area contributed by atoms with Crippen molar-refractivity contribution in [2.45, 2.75) is 32.6 Å². The Bertz CT molecular complexity index is 904. The van der Waals surface area contributed by atoms with Gasteiger partial charge in [-0.15, -0.1) is 11.3 Å². The van der Waals surface area contributed by atoms with Crippen LogP contribution in [0.5, 0.6) is 11.5 Å². The second-order valence-corrected chi connectivity index (χ2v) is 7.84. The van der Waals surface area contributed by atoms with Crippen LogP contribution in [-0.2, 0) is 17.6 Å². The highest BCUT2D eigenvalue weighted by Gasteiger charge is 2.30. The largest absolute Gasteiger partial charge is 0.465 e. The summed E-state index contributed by atoms with van der Waals surface area (Å²) in [6.45, 7) is 2.34. The zero-order valence-corrected chi connectivity index (χ0v) is 16.1. The van der Waals surface area contributed by atoms with Crippen LogP contribution in [0, 0.1) is 5.92 Å². The lowest BCUT2D eigenvalue weighted by molar-refractivity contribution is 0.0600. The van der Waals surface area contributed by atoms with Gasteiger partial charge in [0.15, 0.2) is 11.5 Å². The molecule has 0 saturated carbocycles. The lowest BCUT2D eigenvalue weighted by Crippen LogP contribution is -2.16. The lowest BCUT2D eigenvalue weighted by atomic mass is 9.85. The Kier molecular flexibility index (Phi) is 4.78. The predicted octanol–water partition coefficient (Wildman–Crippen LogP) is 4.03. The molecule has 27 heavy (non-hydrogen) atoms. The Labute approximate surface area is 161 Å². The van der Waals surface area contributed by atoms with Crippen molar-refractivity contribution in [3.63, 3.8) is 0 Å². The molecule has 2 heterocycles. The molecule has 0 radical (unpaired) electrons. The molecule has 1 amide bonds. The van der Waals surface area contributed by atoms with E-state index in [0.29, 0.717) is 33.5 Å². The number of carbonyl (C=O) groups is 2. The van der Waals surface area contributed by atoms with Crippen molar-refractivity contribution in [1.82, 2.24) is 0 Å². The van der Waals surface area contributed by atoms with Gasteiger partial charge in [0.05, 0.1) is 12.7 Å². The number of methoxy groups -OCH3 is 1. The summed E-state index contributed by atoms with van der Waals surface area (Å²) in [6, 6.07) is 5.04. The number of carbonyl (C=O) groups excluding carboxylic acids is 2. The molecule has 0 unspecified atom stereocenters. The number of benzene rings is 1. The predicted molar refractivity (Wildman–Crippen MR) is 102 cm³/mol. The van der Waals surface area contributed by atoms with E-state index in [2.05, 4.69) is 12.2 Å². The van der Waals surface area contributed by atoms with Crippen molar-refractivity contribution < 1.29 is 23.8 Å². The summed E-state index contributed by atoms with van der Waals surface area (Å²) in [7, 11) is 1.37. The van der Waals surface area contributed by atoms with E-state index in [1.54, 1.807) is 18.2 Å². The summed E-state index contributed by atoms with van der Waals surface area (Å²) < 4.78 is 15.6. The molecule has 0 bridgehead atoms. The van der Waals surface area contributed by atoms with Gasteiger partial charge in [0.25, 0.3) is 5.91 Å². The first-order valence-corrected chi connectivity index (χ1v) is 9.86. The first-order valence-electron chi connectivity index (χ1n) is 9.04. The number of hydrogen-bond donors (Lipinski definition) is 1. The summed E-state index contributed by atoms with van der Waals surface area (Å²) in [4.78, 5) is 26.3. The number of fused-ring (bicyclic) bond motifs is 2. The smallest absolute Gasteiger partial charge is 0.341 e. The maximum absolute atomic E-state index is 12.8. The average Bonchev–Trinajstić information content (AvgIpc) is 3.29. The molecule has 7 heteroatoms. The van der Waals surface area contributed by atoms with E-state index in [1.807, 2.05) is 0 Å². The fourth-order valence-corrected chi connectivity index (χ4v) is 4.97. The van der Waals surface area contributed by atoms with E-state index < -0.39 is 5.97 Å². The minimum Gasteiger partial charge on any atom is -0.465 e. The Morgan fingerprint density at radius 2 is 2.11 bits per heavy atom. The molecule has 1 aliphatic heterocycles. The molecule has 0 saturated heterocycles. The summed E-state index contributed by atoms with van der Waals surface area (Å²) >= 11 is 1.48. The average molecular weight is 387 g/mol. The molecule has 2 aromatic rings. The van der Waals surface area contributed by atoms with Crippen molar-refractivity contribution in [1.29, 1.82) is 0 Å². The van der Waals surface area contributed by atoms with Crippen LogP contribution in [0.25, 0.3) is 0 Å². The minimum absolute atomic E-state index is 0.156. The van der Waals surface area contributed by atoms with Gasteiger partial charge in [0.1, 0.15) is 5.00 Å². The van der Waals surface area contributed by atoms with Crippen molar-refractivity contribution in [3.8, 4) is 11.5 Å². The first kappa shape index (κ1) is 17.9. The third kappa shape index (κ3) is 3.27. The van der Waals surface area contributed by atoms with Gasteiger partial charge < -0.3 is 19.5 Å². The van der Waals surface area contributed by atoms with Crippen molar-refractivity contribution >= 4 is 28.2 Å². The van der Waals surface area contributed by atoms with Crippen LogP contribution < -0.4 is 14.8 Å². The second-order valence-electron chi connectivity index (χ2n) is 6.74. The Morgan fingerprint density at radius 1 is 1.30 bits per heavy atom. The molecule has 1 aromatic heterocycles. The van der Waals surface area contributed by atoms with Crippen LogP contribution in [-0.4, -0.2) is 25.8 Å². The zero-order valence-electron chi connectivity index (χ0n) is 15.3. The third-order valence-corrected chi connectivity index (χ3v) is 6.37. The van der Waals surface area contributed by atoms with Gasteiger partial charge in [0, 0.05) is 10.4 Å². The molecule has 1 aromatic carbocycles. The van der Waals surface area contributed by atoms with E-state index in [0.717, 1.165) is 31.2 Å². The molecule has 0 spiro atoms. The summed E-state index contributed by atoms with van der Waals surface area (Å²) in [5, 5.41) is 3.47. The number of ether oxygens (including phenoxy) is 3. The Morgan fingerprint density at radius 3 is 2.89 bits per heavy atom. The molecule has 142 valence electrons. The van der Waals surface area contributed by atoms with Gasteiger partial charge in [-0.1, -0.05) is 13.3 Å². The Hall–Kier alpha value is -2.54. The number of hydrogen-bond acceptors (Lipinski definition) is 6. The number of amides is 1. The zero-order chi connectivity index (χ0) is 19.0. The van der Waals surface area contributed by atoms with Gasteiger partial charge in [0.2, 0.25) is 6.79 Å². The quantitative estimate of drug-likeness (QED) is 0.802. The molecular weight excluding hydrogens is 366 g/mol. The van der Waals surface area contributed by atoms with Gasteiger partial charge >= 0.3 is 5.97 Å². The number of esters is 1. The first-order chi connectivity index (χ1) is 13.1. The molecule has 1 N–H and O–H groups in total. The second kappa shape index (κ2) is 7.23. The van der Waals surface area contributed by atoms with E-state index >= 15 is 0 Å². The molecule has 1 aliphatic carbocycles. The van der Waals surface area contributed by atoms with Crippen LogP contribution in [0.3, 0.4) is 0 Å². The summed E-state index contributed by atoms with van der Waals surface area (Å²) in [5.41, 5.74) is 1.98. The fraction of sp³-hybridized carbons (Fsp3) is 0.400. The lowest BCUT2D eigenvalue weighted by Gasteiger charge is -2.20. The highest BCUT2D eigenvalue weighted by Crippen LogP contribution is 2.41. The standard InChI is InChI=1S/C20H21NO5S/c1-3-11-4-6-13-16(8-11)27-19(17(13)20(23)24-2)21-18(22)12-5-7-14-15(9-12)26-10-25-14/h5,7,9,11H,3-4,6,8,10H2,1-2H3,(H,21,22)/t11-/m0/s1. The SMILES string of the molecule is CC[C@H]1CCc2c(sc(NC(=O)c3ccc4c(c3)OCO4)c2C(=O)OC)C1. The number of thiophene rings is 1. The van der Waals surface area contributed by atoms with Crippen LogP contribution in [0.15, 0.2) is 18.2 Å². The van der Waals surface area contributed by atoms with Gasteiger partial charge in [-0.2, -0.15) is 0 Å². The van der Waals surface area contributed by atoms with Crippen LogP contribution in [0.4, 0.5) is 5.00 Å². The van der Waals surface area contributed by atoms with Crippen molar-refractivity contribution in [2.24, 2.45) is 5.92 Å². The molecule has 6 nitrogen and oxygen atoms in total. The monoisotopic (exact) mass is 387 g/mol. The molecule has 1 atom stereocenters. The minimum atomic E-state index is -0.400. The summed E-state index contributed by atoms with van der Waals surface area (Å²) in [5.74, 6) is 1.11. The van der Waals surface area contributed by atoms with Crippen molar-refractivity contribution in [2.75, 3.05) is 19.2 Å².